The topological polar surface area (TPSA) is 78.4 Å². The highest BCUT2D eigenvalue weighted by Crippen LogP contribution is 2.44. The van der Waals surface area contributed by atoms with E-state index in [0.29, 0.717) is 30.6 Å². The number of benzene rings is 1. The molecule has 1 saturated carbocycles. The standard InChI is InChI=1S/C27H35N5O2/c1-31(2)19-6-8-20(9-7-19)32-15-23(24-25(28)29-17-30-26(24)32)18-4-3-5-22(14-18)33-16-27-12-10-21(34-27)11-13-27/h3-5,14-15,17,19-21H,6-13,16H2,1-2H3,(H2,28,29,30)/t19-,20-,21?,27?. The molecule has 180 valence electrons. The van der Waals surface area contributed by atoms with Gasteiger partial charge in [-0.15, -0.1) is 0 Å². The van der Waals surface area contributed by atoms with E-state index in [4.69, 9.17) is 15.2 Å². The summed E-state index contributed by atoms with van der Waals surface area (Å²) in [5.74, 6) is 1.40. The first kappa shape index (κ1) is 21.9. The number of nitrogens with zero attached hydrogens (tertiary/aromatic N) is 4. The van der Waals surface area contributed by atoms with Crippen molar-refractivity contribution in [3.8, 4) is 16.9 Å². The first-order chi connectivity index (χ1) is 16.5. The maximum Gasteiger partial charge on any atom is 0.146 e. The Bertz CT molecular complexity index is 1170. The van der Waals surface area contributed by atoms with Crippen LogP contribution >= 0.6 is 0 Å². The molecule has 7 heteroatoms. The predicted octanol–water partition coefficient (Wildman–Crippen LogP) is 4.82. The minimum atomic E-state index is -0.0830. The predicted molar refractivity (Wildman–Crippen MR) is 134 cm³/mol. The lowest BCUT2D eigenvalue weighted by molar-refractivity contribution is -0.0198. The summed E-state index contributed by atoms with van der Waals surface area (Å²) in [5, 5.41) is 0.936. The van der Waals surface area contributed by atoms with Crippen molar-refractivity contribution in [2.75, 3.05) is 26.4 Å². The Labute approximate surface area is 201 Å². The highest BCUT2D eigenvalue weighted by molar-refractivity contribution is 6.00. The fraction of sp³-hybridized carbons (Fsp3) is 0.556. The molecule has 1 aliphatic carbocycles. The summed E-state index contributed by atoms with van der Waals surface area (Å²) in [4.78, 5) is 11.3. The van der Waals surface area contributed by atoms with Gasteiger partial charge in [-0.05, 0) is 83.2 Å². The fourth-order valence-corrected chi connectivity index (χ4v) is 6.31. The van der Waals surface area contributed by atoms with Crippen LogP contribution in [0.5, 0.6) is 5.75 Å². The second-order valence-corrected chi connectivity index (χ2v) is 10.7. The third-order valence-corrected chi connectivity index (χ3v) is 8.34. The van der Waals surface area contributed by atoms with Crippen molar-refractivity contribution >= 4 is 16.9 Å². The monoisotopic (exact) mass is 461 g/mol. The van der Waals surface area contributed by atoms with Crippen molar-refractivity contribution < 1.29 is 9.47 Å². The minimum absolute atomic E-state index is 0.0830. The zero-order valence-electron chi connectivity index (χ0n) is 20.2. The Kier molecular flexibility index (Phi) is 5.49. The normalized spacial score (nSPS) is 28.7. The highest BCUT2D eigenvalue weighted by atomic mass is 16.6. The molecule has 1 aromatic carbocycles. The number of hydrogen-bond acceptors (Lipinski definition) is 6. The van der Waals surface area contributed by atoms with Crippen molar-refractivity contribution in [1.29, 1.82) is 0 Å². The third kappa shape index (κ3) is 3.85. The van der Waals surface area contributed by atoms with Gasteiger partial charge in [-0.2, -0.15) is 0 Å². The molecule has 2 bridgehead atoms. The average Bonchev–Trinajstić information content (AvgIpc) is 3.57. The Morgan fingerprint density at radius 3 is 2.62 bits per heavy atom. The van der Waals surface area contributed by atoms with Crippen LogP contribution in [0.2, 0.25) is 0 Å². The maximum atomic E-state index is 6.40. The van der Waals surface area contributed by atoms with Crippen LogP contribution < -0.4 is 10.5 Å². The number of ether oxygens (including phenoxy) is 2. The van der Waals surface area contributed by atoms with Crippen molar-refractivity contribution in [3.05, 3.63) is 36.8 Å². The minimum Gasteiger partial charge on any atom is -0.491 e. The van der Waals surface area contributed by atoms with E-state index in [9.17, 15) is 0 Å². The molecule has 0 amide bonds. The molecule has 4 heterocycles. The zero-order valence-corrected chi connectivity index (χ0v) is 20.2. The van der Waals surface area contributed by atoms with Crippen LogP contribution in [0.3, 0.4) is 0 Å². The Balaban J connectivity index is 1.29. The molecule has 3 aromatic rings. The maximum absolute atomic E-state index is 6.40. The van der Waals surface area contributed by atoms with Crippen LogP contribution in [0, 0.1) is 0 Å². The first-order valence-electron chi connectivity index (χ1n) is 12.7. The molecule has 2 saturated heterocycles. The largest absolute Gasteiger partial charge is 0.491 e. The van der Waals surface area contributed by atoms with E-state index in [0.717, 1.165) is 53.6 Å². The zero-order chi connectivity index (χ0) is 23.3. The number of fused-ring (bicyclic) bond motifs is 3. The summed E-state index contributed by atoms with van der Waals surface area (Å²) in [5.41, 5.74) is 9.40. The van der Waals surface area contributed by atoms with E-state index >= 15 is 0 Å². The average molecular weight is 462 g/mol. The molecule has 34 heavy (non-hydrogen) atoms. The Hall–Kier alpha value is -2.64. The molecule has 3 aliphatic rings. The molecule has 0 unspecified atom stereocenters. The Morgan fingerprint density at radius 2 is 1.91 bits per heavy atom. The van der Waals surface area contributed by atoms with Gasteiger partial charge in [0.05, 0.1) is 11.5 Å². The molecule has 0 radical (unpaired) electrons. The molecule has 2 N–H and O–H groups in total. The summed E-state index contributed by atoms with van der Waals surface area (Å²) >= 11 is 0. The molecule has 3 fully saturated rings. The summed E-state index contributed by atoms with van der Waals surface area (Å²) in [7, 11) is 4.36. The fourth-order valence-electron chi connectivity index (χ4n) is 6.31. The SMILES string of the molecule is CN(C)[C@H]1CC[C@H](n2cc(-c3cccc(OCC45CCC(CC4)O5)c3)c3c(N)ncnc32)CC1. The quantitative estimate of drug-likeness (QED) is 0.567. The van der Waals surface area contributed by atoms with Crippen molar-refractivity contribution in [2.24, 2.45) is 0 Å². The van der Waals surface area contributed by atoms with E-state index in [-0.39, 0.29) is 5.60 Å². The molecule has 0 atom stereocenters. The number of rotatable bonds is 6. The van der Waals surface area contributed by atoms with Crippen molar-refractivity contribution in [2.45, 2.75) is 75.2 Å². The molecule has 0 spiro atoms. The summed E-state index contributed by atoms with van der Waals surface area (Å²) in [6.45, 7) is 0.620. The lowest BCUT2D eigenvalue weighted by Gasteiger charge is -2.33. The molecular formula is C27H35N5O2. The van der Waals surface area contributed by atoms with E-state index in [2.05, 4.69) is 57.9 Å². The molecular weight excluding hydrogens is 426 g/mol. The van der Waals surface area contributed by atoms with Crippen molar-refractivity contribution in [3.63, 3.8) is 0 Å². The van der Waals surface area contributed by atoms with Gasteiger partial charge >= 0.3 is 0 Å². The number of hydrogen-bond donors (Lipinski definition) is 1. The van der Waals surface area contributed by atoms with E-state index < -0.39 is 0 Å². The van der Waals surface area contributed by atoms with E-state index in [1.165, 1.54) is 25.7 Å². The van der Waals surface area contributed by atoms with Crippen LogP contribution in [0.1, 0.15) is 57.4 Å². The van der Waals surface area contributed by atoms with E-state index in [1.807, 2.05) is 6.07 Å². The van der Waals surface area contributed by atoms with Crippen LogP contribution in [0.25, 0.3) is 22.2 Å². The lowest BCUT2D eigenvalue weighted by Crippen LogP contribution is -2.32. The lowest BCUT2D eigenvalue weighted by atomic mass is 9.89. The molecule has 6 rings (SSSR count). The Morgan fingerprint density at radius 1 is 1.12 bits per heavy atom. The van der Waals surface area contributed by atoms with Crippen LogP contribution in [0.15, 0.2) is 36.8 Å². The van der Waals surface area contributed by atoms with Gasteiger partial charge in [-0.25, -0.2) is 9.97 Å². The summed E-state index contributed by atoms with van der Waals surface area (Å²) < 4.78 is 14.8. The first-order valence-corrected chi connectivity index (χ1v) is 12.7. The van der Waals surface area contributed by atoms with Gasteiger partial charge in [0.25, 0.3) is 0 Å². The molecule has 7 nitrogen and oxygen atoms in total. The number of nitrogens with two attached hydrogens (primary N) is 1. The molecule has 2 aliphatic heterocycles. The van der Waals surface area contributed by atoms with Gasteiger partial charge in [0, 0.05) is 23.8 Å². The number of anilines is 1. The van der Waals surface area contributed by atoms with Gasteiger partial charge in [-0.3, -0.25) is 0 Å². The smallest absolute Gasteiger partial charge is 0.146 e. The van der Waals surface area contributed by atoms with Gasteiger partial charge in [0.15, 0.2) is 0 Å². The van der Waals surface area contributed by atoms with Gasteiger partial charge < -0.3 is 24.7 Å². The second-order valence-electron chi connectivity index (χ2n) is 10.7. The van der Waals surface area contributed by atoms with Crippen LogP contribution in [-0.2, 0) is 4.74 Å². The summed E-state index contributed by atoms with van der Waals surface area (Å²) in [6.07, 6.45) is 13.5. The van der Waals surface area contributed by atoms with Crippen LogP contribution in [0.4, 0.5) is 5.82 Å². The number of nitrogen functional groups attached to an aromatic ring is 1. The number of aromatic nitrogens is 3. The third-order valence-electron chi connectivity index (χ3n) is 8.34. The van der Waals surface area contributed by atoms with Crippen LogP contribution in [-0.4, -0.2) is 57.9 Å². The summed E-state index contributed by atoms with van der Waals surface area (Å²) in [6, 6.07) is 9.41. The second kappa shape index (κ2) is 8.54. The van der Waals surface area contributed by atoms with Gasteiger partial charge in [0.1, 0.15) is 35.7 Å². The molecule has 2 aromatic heterocycles. The van der Waals surface area contributed by atoms with Gasteiger partial charge in [-0.1, -0.05) is 12.1 Å². The highest BCUT2D eigenvalue weighted by Gasteiger charge is 2.46. The van der Waals surface area contributed by atoms with Gasteiger partial charge in [0.2, 0.25) is 0 Å². The van der Waals surface area contributed by atoms with E-state index in [1.54, 1.807) is 6.33 Å². The van der Waals surface area contributed by atoms with Crippen molar-refractivity contribution in [1.82, 2.24) is 19.4 Å².